The third-order valence-electron chi connectivity index (χ3n) is 5.23. The molecule has 140 valence electrons. The van der Waals surface area contributed by atoms with Crippen LogP contribution in [0.4, 0.5) is 0 Å². The van der Waals surface area contributed by atoms with Crippen molar-refractivity contribution in [3.63, 3.8) is 0 Å². The molecule has 0 spiro atoms. The van der Waals surface area contributed by atoms with Crippen LogP contribution in [0.3, 0.4) is 0 Å². The fraction of sp³-hybridized carbons (Fsp3) is 0.650. The van der Waals surface area contributed by atoms with Gasteiger partial charge in [-0.3, -0.25) is 4.99 Å². The van der Waals surface area contributed by atoms with Crippen LogP contribution >= 0.6 is 0 Å². The van der Waals surface area contributed by atoms with Crippen molar-refractivity contribution in [2.45, 2.75) is 39.0 Å². The summed E-state index contributed by atoms with van der Waals surface area (Å²) >= 11 is 0. The lowest BCUT2D eigenvalue weighted by Crippen LogP contribution is -2.47. The average Bonchev–Trinajstić information content (AvgIpc) is 2.59. The van der Waals surface area contributed by atoms with Crippen LogP contribution in [0.5, 0.6) is 5.75 Å². The van der Waals surface area contributed by atoms with Gasteiger partial charge < -0.3 is 20.1 Å². The first-order valence-corrected chi connectivity index (χ1v) is 9.19. The number of hydrogen-bond acceptors (Lipinski definition) is 3. The molecule has 1 aromatic carbocycles. The van der Waals surface area contributed by atoms with Gasteiger partial charge in [-0.2, -0.15) is 0 Å². The van der Waals surface area contributed by atoms with Crippen molar-refractivity contribution in [3.8, 4) is 5.75 Å². The third kappa shape index (κ3) is 5.63. The molecule has 1 aliphatic rings. The molecule has 0 aromatic heterocycles. The van der Waals surface area contributed by atoms with Crippen LogP contribution in [0.25, 0.3) is 0 Å². The Bertz CT molecular complexity index is 568. The fourth-order valence-corrected chi connectivity index (χ4v) is 3.42. The lowest BCUT2D eigenvalue weighted by Gasteiger charge is -2.42. The van der Waals surface area contributed by atoms with Crippen molar-refractivity contribution in [2.24, 2.45) is 10.4 Å². The van der Waals surface area contributed by atoms with E-state index in [1.54, 1.807) is 14.2 Å². The predicted octanol–water partition coefficient (Wildman–Crippen LogP) is 2.92. The van der Waals surface area contributed by atoms with E-state index in [4.69, 9.17) is 9.47 Å². The summed E-state index contributed by atoms with van der Waals surface area (Å²) < 4.78 is 10.7. The molecule has 1 fully saturated rings. The Labute approximate surface area is 152 Å². The molecule has 0 bridgehead atoms. The van der Waals surface area contributed by atoms with E-state index < -0.39 is 0 Å². The Balaban J connectivity index is 1.80. The van der Waals surface area contributed by atoms with Gasteiger partial charge in [0.05, 0.1) is 7.11 Å². The SMILES string of the molecule is CN=C(NCCc1cc(C)ccc1OC)NCC1(CCOC)CCC1. The zero-order chi connectivity index (χ0) is 18.1. The van der Waals surface area contributed by atoms with E-state index in [1.807, 2.05) is 13.1 Å². The summed E-state index contributed by atoms with van der Waals surface area (Å²) in [5.41, 5.74) is 2.86. The van der Waals surface area contributed by atoms with Crippen LogP contribution in [-0.4, -0.2) is 46.9 Å². The van der Waals surface area contributed by atoms with E-state index in [-0.39, 0.29) is 0 Å². The summed E-state index contributed by atoms with van der Waals surface area (Å²) in [5, 5.41) is 6.92. The lowest BCUT2D eigenvalue weighted by atomic mass is 9.67. The van der Waals surface area contributed by atoms with Crippen molar-refractivity contribution in [1.82, 2.24) is 10.6 Å². The Morgan fingerprint density at radius 3 is 2.64 bits per heavy atom. The van der Waals surface area contributed by atoms with Crippen molar-refractivity contribution in [3.05, 3.63) is 29.3 Å². The van der Waals surface area contributed by atoms with E-state index in [2.05, 4.69) is 34.7 Å². The van der Waals surface area contributed by atoms with Gasteiger partial charge in [0, 0.05) is 33.9 Å². The van der Waals surface area contributed by atoms with Crippen molar-refractivity contribution in [2.75, 3.05) is 41.0 Å². The first-order valence-electron chi connectivity index (χ1n) is 9.19. The number of hydrogen-bond donors (Lipinski definition) is 2. The molecule has 5 nitrogen and oxygen atoms in total. The van der Waals surface area contributed by atoms with E-state index in [9.17, 15) is 0 Å². The van der Waals surface area contributed by atoms with E-state index in [1.165, 1.54) is 30.4 Å². The highest BCUT2D eigenvalue weighted by atomic mass is 16.5. The van der Waals surface area contributed by atoms with Crippen LogP contribution in [0.2, 0.25) is 0 Å². The minimum Gasteiger partial charge on any atom is -0.496 e. The molecular formula is C20H33N3O2. The summed E-state index contributed by atoms with van der Waals surface area (Å²) in [7, 11) is 5.32. The van der Waals surface area contributed by atoms with E-state index >= 15 is 0 Å². The highest BCUT2D eigenvalue weighted by Gasteiger charge is 2.36. The number of aliphatic imine (C=N–C) groups is 1. The van der Waals surface area contributed by atoms with Gasteiger partial charge in [0.1, 0.15) is 5.75 Å². The molecule has 0 unspecified atom stereocenters. The Kier molecular flexibility index (Phi) is 7.56. The summed E-state index contributed by atoms with van der Waals surface area (Å²) in [6.45, 7) is 4.73. The van der Waals surface area contributed by atoms with Gasteiger partial charge in [-0.25, -0.2) is 0 Å². The number of nitrogens with zero attached hydrogens (tertiary/aromatic N) is 1. The summed E-state index contributed by atoms with van der Waals surface area (Å²) in [6, 6.07) is 6.30. The number of nitrogens with one attached hydrogen (secondary N) is 2. The number of guanidine groups is 1. The van der Waals surface area contributed by atoms with Gasteiger partial charge in [0.25, 0.3) is 0 Å². The largest absolute Gasteiger partial charge is 0.496 e. The molecular weight excluding hydrogens is 314 g/mol. The Hall–Kier alpha value is -1.75. The van der Waals surface area contributed by atoms with Crippen LogP contribution in [0, 0.1) is 12.3 Å². The van der Waals surface area contributed by atoms with Gasteiger partial charge >= 0.3 is 0 Å². The second kappa shape index (κ2) is 9.66. The molecule has 0 atom stereocenters. The zero-order valence-corrected chi connectivity index (χ0v) is 16.2. The first-order chi connectivity index (χ1) is 12.1. The summed E-state index contributed by atoms with van der Waals surface area (Å²) in [4.78, 5) is 4.35. The Morgan fingerprint density at radius 1 is 1.24 bits per heavy atom. The molecule has 1 saturated carbocycles. The molecule has 2 rings (SSSR count). The van der Waals surface area contributed by atoms with Crippen molar-refractivity contribution in [1.29, 1.82) is 0 Å². The van der Waals surface area contributed by atoms with Crippen molar-refractivity contribution >= 4 is 5.96 Å². The number of methoxy groups -OCH3 is 2. The number of ether oxygens (including phenoxy) is 2. The zero-order valence-electron chi connectivity index (χ0n) is 16.2. The maximum absolute atomic E-state index is 5.45. The van der Waals surface area contributed by atoms with Gasteiger partial charge in [-0.05, 0) is 49.7 Å². The smallest absolute Gasteiger partial charge is 0.191 e. The molecule has 1 aliphatic carbocycles. The molecule has 0 amide bonds. The normalized spacial score (nSPS) is 16.2. The molecule has 0 radical (unpaired) electrons. The quantitative estimate of drug-likeness (QED) is 0.533. The molecule has 0 saturated heterocycles. The maximum atomic E-state index is 5.45. The third-order valence-corrected chi connectivity index (χ3v) is 5.23. The number of aryl methyl sites for hydroxylation is 1. The molecule has 0 heterocycles. The van der Waals surface area contributed by atoms with E-state index in [0.717, 1.165) is 44.2 Å². The van der Waals surface area contributed by atoms with Crippen LogP contribution in [0.15, 0.2) is 23.2 Å². The lowest BCUT2D eigenvalue weighted by molar-refractivity contribution is 0.0732. The molecule has 2 N–H and O–H groups in total. The molecule has 5 heteroatoms. The van der Waals surface area contributed by atoms with Gasteiger partial charge in [0.15, 0.2) is 5.96 Å². The van der Waals surface area contributed by atoms with E-state index in [0.29, 0.717) is 5.41 Å². The maximum Gasteiger partial charge on any atom is 0.191 e. The summed E-state index contributed by atoms with van der Waals surface area (Å²) in [6.07, 6.45) is 5.90. The minimum atomic E-state index is 0.382. The highest BCUT2D eigenvalue weighted by Crippen LogP contribution is 2.43. The topological polar surface area (TPSA) is 54.9 Å². The van der Waals surface area contributed by atoms with Crippen LogP contribution in [-0.2, 0) is 11.2 Å². The highest BCUT2D eigenvalue weighted by molar-refractivity contribution is 5.79. The van der Waals surface area contributed by atoms with Crippen LogP contribution < -0.4 is 15.4 Å². The molecule has 1 aromatic rings. The number of rotatable bonds is 9. The van der Waals surface area contributed by atoms with Gasteiger partial charge in [-0.1, -0.05) is 24.1 Å². The monoisotopic (exact) mass is 347 g/mol. The standard InChI is InChI=1S/C20H33N3O2/c1-16-6-7-18(25-4)17(14-16)8-12-22-19(21-2)23-15-20(9-5-10-20)11-13-24-3/h6-7,14H,5,8-13,15H2,1-4H3,(H2,21,22,23). The fourth-order valence-electron chi connectivity index (χ4n) is 3.42. The predicted molar refractivity (Wildman–Crippen MR) is 104 cm³/mol. The van der Waals surface area contributed by atoms with Crippen LogP contribution in [0.1, 0.15) is 36.8 Å². The molecule has 25 heavy (non-hydrogen) atoms. The summed E-state index contributed by atoms with van der Waals surface area (Å²) in [5.74, 6) is 1.82. The minimum absolute atomic E-state index is 0.382. The average molecular weight is 348 g/mol. The molecule has 0 aliphatic heterocycles. The Morgan fingerprint density at radius 2 is 2.04 bits per heavy atom. The first kappa shape index (κ1) is 19.6. The second-order valence-corrected chi connectivity index (χ2v) is 7.01. The van der Waals surface area contributed by atoms with Crippen molar-refractivity contribution < 1.29 is 9.47 Å². The van der Waals surface area contributed by atoms with Gasteiger partial charge in [0.2, 0.25) is 0 Å². The number of benzene rings is 1. The van der Waals surface area contributed by atoms with Gasteiger partial charge in [-0.15, -0.1) is 0 Å². The second-order valence-electron chi connectivity index (χ2n) is 7.01.